The van der Waals surface area contributed by atoms with Crippen molar-refractivity contribution in [2.45, 2.75) is 44.9 Å². The monoisotopic (exact) mass is 291 g/mol. The second-order valence-corrected chi connectivity index (χ2v) is 6.10. The molecule has 1 amide bonds. The van der Waals surface area contributed by atoms with Crippen molar-refractivity contribution in [3.05, 3.63) is 11.1 Å². The summed E-state index contributed by atoms with van der Waals surface area (Å²) in [5, 5.41) is 3.56. The maximum absolute atomic E-state index is 12.3. The molecule has 0 spiro atoms. The predicted octanol–water partition coefficient (Wildman–Crippen LogP) is 2.75. The third-order valence-electron chi connectivity index (χ3n) is 3.53. The van der Waals surface area contributed by atoms with Gasteiger partial charge in [0.2, 0.25) is 5.91 Å². The van der Waals surface area contributed by atoms with Crippen molar-refractivity contribution in [2.24, 2.45) is 11.7 Å². The summed E-state index contributed by atoms with van der Waals surface area (Å²) in [6.45, 7) is 0.335. The van der Waals surface area contributed by atoms with Crippen molar-refractivity contribution in [3.8, 4) is 11.8 Å². The van der Waals surface area contributed by atoms with E-state index in [2.05, 4.69) is 22.1 Å². The minimum absolute atomic E-state index is 0.111. The van der Waals surface area contributed by atoms with Crippen molar-refractivity contribution in [2.75, 3.05) is 11.9 Å². The van der Waals surface area contributed by atoms with E-state index in [1.54, 1.807) is 6.20 Å². The van der Waals surface area contributed by atoms with Crippen molar-refractivity contribution in [1.29, 1.82) is 0 Å². The van der Waals surface area contributed by atoms with Crippen LogP contribution in [0, 0.1) is 17.8 Å². The first-order valence-electron chi connectivity index (χ1n) is 7.25. The summed E-state index contributed by atoms with van der Waals surface area (Å²) in [4.78, 5) is 17.3. The molecule has 4 nitrogen and oxygen atoms in total. The van der Waals surface area contributed by atoms with Crippen LogP contribution in [0.4, 0.5) is 5.13 Å². The van der Waals surface area contributed by atoms with Gasteiger partial charge in [-0.2, -0.15) is 0 Å². The molecule has 1 heterocycles. The summed E-state index contributed by atoms with van der Waals surface area (Å²) in [6.07, 6.45) is 9.80. The average Bonchev–Trinajstić information content (AvgIpc) is 2.83. The van der Waals surface area contributed by atoms with Gasteiger partial charge in [-0.1, -0.05) is 55.3 Å². The Morgan fingerprint density at radius 1 is 1.35 bits per heavy atom. The van der Waals surface area contributed by atoms with E-state index in [0.29, 0.717) is 11.7 Å². The number of nitrogens with zero attached hydrogens (tertiary/aromatic N) is 1. The van der Waals surface area contributed by atoms with Crippen LogP contribution in [-0.2, 0) is 4.79 Å². The molecule has 2 rings (SSSR count). The first-order valence-corrected chi connectivity index (χ1v) is 8.07. The van der Waals surface area contributed by atoms with Crippen LogP contribution in [0.1, 0.15) is 49.8 Å². The quantitative estimate of drug-likeness (QED) is 0.823. The number of hydrogen-bond acceptors (Lipinski definition) is 4. The number of nitrogens with two attached hydrogens (primary N) is 1. The topological polar surface area (TPSA) is 68.0 Å². The van der Waals surface area contributed by atoms with Crippen molar-refractivity contribution >= 4 is 22.4 Å². The smallest absolute Gasteiger partial charge is 0.229 e. The lowest BCUT2D eigenvalue weighted by atomic mass is 9.90. The predicted molar refractivity (Wildman–Crippen MR) is 82.5 cm³/mol. The summed E-state index contributed by atoms with van der Waals surface area (Å²) in [7, 11) is 0. The Hall–Kier alpha value is -1.38. The lowest BCUT2D eigenvalue weighted by Gasteiger charge is -2.18. The summed E-state index contributed by atoms with van der Waals surface area (Å²) >= 11 is 1.40. The van der Waals surface area contributed by atoms with Gasteiger partial charge in [0.25, 0.3) is 0 Å². The second-order valence-electron chi connectivity index (χ2n) is 5.07. The first-order chi connectivity index (χ1) is 9.79. The Bertz CT molecular complexity index is 493. The molecule has 1 aromatic heterocycles. The fourth-order valence-corrected chi connectivity index (χ4v) is 3.15. The molecule has 1 aliphatic rings. The van der Waals surface area contributed by atoms with Crippen LogP contribution < -0.4 is 11.1 Å². The fourth-order valence-electron chi connectivity index (χ4n) is 2.45. The lowest BCUT2D eigenvalue weighted by molar-refractivity contribution is -0.120. The number of rotatable bonds is 2. The summed E-state index contributed by atoms with van der Waals surface area (Å²) in [6, 6.07) is 0. The normalized spacial score (nSPS) is 16.6. The number of carbonyl (C=O) groups excluding carboxylic acids is 1. The number of anilines is 1. The number of amides is 1. The highest BCUT2D eigenvalue weighted by molar-refractivity contribution is 7.16. The van der Waals surface area contributed by atoms with Gasteiger partial charge in [-0.3, -0.25) is 4.79 Å². The Morgan fingerprint density at radius 3 is 2.75 bits per heavy atom. The number of nitrogens with one attached hydrogen (secondary N) is 1. The lowest BCUT2D eigenvalue weighted by Crippen LogP contribution is -2.23. The van der Waals surface area contributed by atoms with Crippen LogP contribution in [-0.4, -0.2) is 17.4 Å². The molecule has 1 aromatic rings. The Kier molecular flexibility index (Phi) is 6.03. The molecule has 0 radical (unpaired) electrons. The van der Waals surface area contributed by atoms with E-state index in [0.717, 1.165) is 30.6 Å². The minimum atomic E-state index is 0.111. The maximum Gasteiger partial charge on any atom is 0.229 e. The molecule has 0 unspecified atom stereocenters. The third-order valence-corrected chi connectivity index (χ3v) is 4.35. The van der Waals surface area contributed by atoms with Gasteiger partial charge in [0, 0.05) is 5.92 Å². The molecule has 0 aliphatic heterocycles. The zero-order valence-electron chi connectivity index (χ0n) is 11.7. The maximum atomic E-state index is 12.3. The number of hydrogen-bond donors (Lipinski definition) is 2. The van der Waals surface area contributed by atoms with Gasteiger partial charge in [0.05, 0.1) is 17.6 Å². The summed E-state index contributed by atoms with van der Waals surface area (Å²) in [5.41, 5.74) is 5.33. The van der Waals surface area contributed by atoms with E-state index in [9.17, 15) is 4.79 Å². The molecule has 0 saturated heterocycles. The van der Waals surface area contributed by atoms with Crippen LogP contribution in [0.25, 0.3) is 0 Å². The van der Waals surface area contributed by atoms with Crippen LogP contribution >= 0.6 is 11.3 Å². The Morgan fingerprint density at radius 2 is 2.05 bits per heavy atom. The summed E-state index contributed by atoms with van der Waals surface area (Å²) in [5.74, 6) is 5.96. The van der Waals surface area contributed by atoms with E-state index in [1.165, 1.54) is 30.6 Å². The zero-order chi connectivity index (χ0) is 14.2. The molecule has 20 heavy (non-hydrogen) atoms. The molecule has 1 aliphatic carbocycles. The number of thiazole rings is 1. The molecule has 1 fully saturated rings. The SMILES string of the molecule is NCC#Cc1cnc(NC(=O)C2CCCCCCC2)s1. The zero-order valence-corrected chi connectivity index (χ0v) is 12.5. The van der Waals surface area contributed by atoms with Gasteiger partial charge >= 0.3 is 0 Å². The highest BCUT2D eigenvalue weighted by Crippen LogP contribution is 2.24. The summed E-state index contributed by atoms with van der Waals surface area (Å²) < 4.78 is 0. The van der Waals surface area contributed by atoms with E-state index in [1.807, 2.05) is 0 Å². The highest BCUT2D eigenvalue weighted by Gasteiger charge is 2.20. The fraction of sp³-hybridized carbons (Fsp3) is 0.600. The molecular weight excluding hydrogens is 270 g/mol. The Balaban J connectivity index is 1.90. The van der Waals surface area contributed by atoms with E-state index >= 15 is 0 Å². The van der Waals surface area contributed by atoms with E-state index in [-0.39, 0.29) is 11.8 Å². The van der Waals surface area contributed by atoms with Crippen LogP contribution in [0.3, 0.4) is 0 Å². The molecule has 0 atom stereocenters. The standard InChI is InChI=1S/C15H21N3OS/c16-10-6-9-13-11-17-15(20-13)18-14(19)12-7-4-2-1-3-5-8-12/h11-12H,1-5,7-8,10,16H2,(H,17,18,19). The molecule has 108 valence electrons. The third kappa shape index (κ3) is 4.62. The molecule has 3 N–H and O–H groups in total. The molecule has 1 saturated carbocycles. The molecular formula is C15H21N3OS. The van der Waals surface area contributed by atoms with Gasteiger partial charge in [-0.15, -0.1) is 0 Å². The van der Waals surface area contributed by atoms with Crippen LogP contribution in [0.2, 0.25) is 0 Å². The number of aromatic nitrogens is 1. The highest BCUT2D eigenvalue weighted by atomic mass is 32.1. The van der Waals surface area contributed by atoms with Crippen LogP contribution in [0.15, 0.2) is 6.20 Å². The van der Waals surface area contributed by atoms with Gasteiger partial charge in [0.1, 0.15) is 0 Å². The van der Waals surface area contributed by atoms with Crippen molar-refractivity contribution in [3.63, 3.8) is 0 Å². The number of carbonyl (C=O) groups is 1. The van der Waals surface area contributed by atoms with Crippen molar-refractivity contribution < 1.29 is 4.79 Å². The van der Waals surface area contributed by atoms with Gasteiger partial charge in [-0.25, -0.2) is 4.98 Å². The van der Waals surface area contributed by atoms with Gasteiger partial charge in [0.15, 0.2) is 5.13 Å². The van der Waals surface area contributed by atoms with E-state index in [4.69, 9.17) is 5.73 Å². The second kappa shape index (κ2) is 8.03. The molecule has 0 bridgehead atoms. The van der Waals surface area contributed by atoms with Gasteiger partial charge < -0.3 is 11.1 Å². The Labute approximate surface area is 124 Å². The van der Waals surface area contributed by atoms with Crippen molar-refractivity contribution in [1.82, 2.24) is 4.98 Å². The average molecular weight is 291 g/mol. The molecule has 5 heteroatoms. The van der Waals surface area contributed by atoms with E-state index < -0.39 is 0 Å². The molecule has 0 aromatic carbocycles. The minimum Gasteiger partial charge on any atom is -0.320 e. The van der Waals surface area contributed by atoms with Gasteiger partial charge in [-0.05, 0) is 12.8 Å². The first kappa shape index (κ1) is 15.0. The largest absolute Gasteiger partial charge is 0.320 e. The van der Waals surface area contributed by atoms with Crippen LogP contribution in [0.5, 0.6) is 0 Å².